The van der Waals surface area contributed by atoms with Gasteiger partial charge in [-0.05, 0) is 36.4 Å². The van der Waals surface area contributed by atoms with Crippen molar-refractivity contribution in [2.24, 2.45) is 0 Å². The van der Waals surface area contributed by atoms with E-state index in [1.165, 1.54) is 36.5 Å². The molecule has 0 radical (unpaired) electrons. The first kappa shape index (κ1) is 19.3. The summed E-state index contributed by atoms with van der Waals surface area (Å²) in [6, 6.07) is 13.9. The first-order chi connectivity index (χ1) is 14.3. The summed E-state index contributed by atoms with van der Waals surface area (Å²) >= 11 is 0. The van der Waals surface area contributed by atoms with Crippen molar-refractivity contribution in [2.75, 3.05) is 5.32 Å². The third-order valence-corrected chi connectivity index (χ3v) is 4.35. The maximum Gasteiger partial charge on any atom is 0.416 e. The fourth-order valence-electron chi connectivity index (χ4n) is 2.94. The Balaban J connectivity index is 1.83. The van der Waals surface area contributed by atoms with Gasteiger partial charge in [-0.25, -0.2) is 9.97 Å². The molecular weight excluding hydrogens is 397 g/mol. The fraction of sp³-hybridized carbons (Fsp3) is 0.0476. The van der Waals surface area contributed by atoms with E-state index in [0.717, 1.165) is 12.1 Å². The number of aromatic amines is 1. The molecule has 4 rings (SSSR count). The van der Waals surface area contributed by atoms with Crippen molar-refractivity contribution in [1.29, 1.82) is 0 Å². The molecule has 2 aromatic heterocycles. The van der Waals surface area contributed by atoms with Crippen LogP contribution in [-0.4, -0.2) is 20.9 Å². The number of pyridine rings is 1. The zero-order chi connectivity index (χ0) is 21.3. The first-order valence-corrected chi connectivity index (χ1v) is 8.76. The molecule has 9 heteroatoms. The summed E-state index contributed by atoms with van der Waals surface area (Å²) in [7, 11) is 0. The van der Waals surface area contributed by atoms with Crippen LogP contribution in [0.5, 0.6) is 0 Å². The second-order valence-electron chi connectivity index (χ2n) is 6.36. The number of aromatic nitrogens is 3. The number of carbonyl (C=O) groups is 1. The van der Waals surface area contributed by atoms with Crippen molar-refractivity contribution < 1.29 is 18.0 Å². The average Bonchev–Trinajstić information content (AvgIpc) is 2.73. The molecule has 0 saturated heterocycles. The molecule has 150 valence electrons. The average molecular weight is 410 g/mol. The third-order valence-electron chi connectivity index (χ3n) is 4.35. The van der Waals surface area contributed by atoms with E-state index in [2.05, 4.69) is 20.3 Å². The molecular formula is C21H13F3N4O2. The van der Waals surface area contributed by atoms with Crippen LogP contribution >= 0.6 is 0 Å². The fourth-order valence-corrected chi connectivity index (χ4v) is 2.94. The van der Waals surface area contributed by atoms with Gasteiger partial charge in [0, 0.05) is 11.8 Å². The van der Waals surface area contributed by atoms with Gasteiger partial charge in [-0.1, -0.05) is 24.3 Å². The van der Waals surface area contributed by atoms with E-state index in [1.54, 1.807) is 18.2 Å². The number of H-pyrrole nitrogens is 1. The lowest BCUT2D eigenvalue weighted by Crippen LogP contribution is -2.17. The molecule has 0 unspecified atom stereocenters. The van der Waals surface area contributed by atoms with Crippen LogP contribution in [-0.2, 0) is 6.18 Å². The number of fused-ring (bicyclic) bond motifs is 1. The van der Waals surface area contributed by atoms with Crippen molar-refractivity contribution in [3.05, 3.63) is 88.3 Å². The number of carbonyl (C=O) groups excluding carboxylic acids is 1. The van der Waals surface area contributed by atoms with Crippen LogP contribution in [0.25, 0.3) is 22.3 Å². The molecule has 0 atom stereocenters. The number of halogens is 3. The van der Waals surface area contributed by atoms with Crippen molar-refractivity contribution in [3.63, 3.8) is 0 Å². The lowest BCUT2D eigenvalue weighted by atomic mass is 10.1. The number of anilines is 1. The van der Waals surface area contributed by atoms with E-state index in [1.807, 2.05) is 0 Å². The van der Waals surface area contributed by atoms with Gasteiger partial charge in [-0.3, -0.25) is 9.59 Å². The SMILES string of the molecule is O=C(Nc1ccccn1)c1cccc2c(=O)[nH]c(-c3cccc(C(F)(F)F)c3)nc12. The topological polar surface area (TPSA) is 87.7 Å². The molecule has 1 amide bonds. The van der Waals surface area contributed by atoms with Crippen LogP contribution in [0, 0.1) is 0 Å². The molecule has 6 nitrogen and oxygen atoms in total. The number of nitrogens with zero attached hydrogens (tertiary/aromatic N) is 2. The zero-order valence-electron chi connectivity index (χ0n) is 15.2. The number of nitrogens with one attached hydrogen (secondary N) is 2. The Bertz CT molecular complexity index is 1300. The summed E-state index contributed by atoms with van der Waals surface area (Å²) in [6.07, 6.45) is -3.03. The van der Waals surface area contributed by atoms with Gasteiger partial charge in [0.1, 0.15) is 11.6 Å². The van der Waals surface area contributed by atoms with E-state index in [4.69, 9.17) is 0 Å². The number of amides is 1. The van der Waals surface area contributed by atoms with Gasteiger partial charge in [-0.15, -0.1) is 0 Å². The van der Waals surface area contributed by atoms with Crippen LogP contribution in [0.2, 0.25) is 0 Å². The summed E-state index contributed by atoms with van der Waals surface area (Å²) in [5.74, 6) is -0.313. The molecule has 0 saturated carbocycles. The number of alkyl halides is 3. The lowest BCUT2D eigenvalue weighted by Gasteiger charge is -2.10. The second-order valence-corrected chi connectivity index (χ2v) is 6.36. The zero-order valence-corrected chi connectivity index (χ0v) is 15.2. The number of rotatable bonds is 3. The molecule has 30 heavy (non-hydrogen) atoms. The monoisotopic (exact) mass is 410 g/mol. The van der Waals surface area contributed by atoms with Crippen molar-refractivity contribution in [2.45, 2.75) is 6.18 Å². The van der Waals surface area contributed by atoms with E-state index in [-0.39, 0.29) is 27.9 Å². The second kappa shape index (κ2) is 7.43. The predicted molar refractivity (Wildman–Crippen MR) is 105 cm³/mol. The standard InChI is InChI=1S/C21H13F3N4O2/c22-21(23,24)13-6-3-5-12(11-13)18-27-17-14(7-4-8-15(17)20(30)28-18)19(29)26-16-9-1-2-10-25-16/h1-11H,(H,25,26,29)(H,27,28,30). The first-order valence-electron chi connectivity index (χ1n) is 8.76. The van der Waals surface area contributed by atoms with Crippen molar-refractivity contribution >= 4 is 22.6 Å². The highest BCUT2D eigenvalue weighted by atomic mass is 19.4. The Labute approximate surface area is 167 Å². The number of para-hydroxylation sites is 1. The van der Waals surface area contributed by atoms with Gasteiger partial charge in [0.2, 0.25) is 0 Å². The Morgan fingerprint density at radius 1 is 1.00 bits per heavy atom. The van der Waals surface area contributed by atoms with Crippen LogP contribution in [0.4, 0.5) is 19.0 Å². The van der Waals surface area contributed by atoms with E-state index in [0.29, 0.717) is 5.82 Å². The molecule has 2 heterocycles. The molecule has 2 aromatic carbocycles. The molecule has 0 fully saturated rings. The minimum atomic E-state index is -4.54. The van der Waals surface area contributed by atoms with Crippen LogP contribution < -0.4 is 10.9 Å². The Morgan fingerprint density at radius 3 is 2.53 bits per heavy atom. The van der Waals surface area contributed by atoms with Crippen LogP contribution in [0.1, 0.15) is 15.9 Å². The Kier molecular flexibility index (Phi) is 4.78. The highest BCUT2D eigenvalue weighted by molar-refractivity contribution is 6.11. The minimum absolute atomic E-state index is 0.0714. The number of benzene rings is 2. The van der Waals surface area contributed by atoms with E-state index < -0.39 is 23.2 Å². The summed E-state index contributed by atoms with van der Waals surface area (Å²) in [4.78, 5) is 36.0. The summed E-state index contributed by atoms with van der Waals surface area (Å²) in [6.45, 7) is 0. The molecule has 0 aliphatic rings. The minimum Gasteiger partial charge on any atom is -0.306 e. The highest BCUT2D eigenvalue weighted by Crippen LogP contribution is 2.31. The molecule has 0 aliphatic heterocycles. The maximum absolute atomic E-state index is 13.0. The third kappa shape index (κ3) is 3.77. The molecule has 4 aromatic rings. The van der Waals surface area contributed by atoms with E-state index in [9.17, 15) is 22.8 Å². The van der Waals surface area contributed by atoms with Gasteiger partial charge < -0.3 is 10.3 Å². The Hall–Kier alpha value is -4.01. The van der Waals surface area contributed by atoms with Crippen LogP contribution in [0.3, 0.4) is 0 Å². The number of hydrogen-bond acceptors (Lipinski definition) is 4. The van der Waals surface area contributed by atoms with Gasteiger partial charge in [0.05, 0.1) is 22.0 Å². The lowest BCUT2D eigenvalue weighted by molar-refractivity contribution is -0.137. The molecule has 2 N–H and O–H groups in total. The largest absolute Gasteiger partial charge is 0.416 e. The summed E-state index contributed by atoms with van der Waals surface area (Å²) < 4.78 is 39.1. The highest BCUT2D eigenvalue weighted by Gasteiger charge is 2.30. The van der Waals surface area contributed by atoms with Gasteiger partial charge >= 0.3 is 6.18 Å². The summed E-state index contributed by atoms with van der Waals surface area (Å²) in [5.41, 5.74) is -1.20. The predicted octanol–water partition coefficient (Wildman–Crippen LogP) is 4.26. The maximum atomic E-state index is 13.0. The van der Waals surface area contributed by atoms with Crippen molar-refractivity contribution in [1.82, 2.24) is 15.0 Å². The van der Waals surface area contributed by atoms with Crippen LogP contribution in [0.15, 0.2) is 71.7 Å². The van der Waals surface area contributed by atoms with E-state index >= 15 is 0 Å². The molecule has 0 aliphatic carbocycles. The smallest absolute Gasteiger partial charge is 0.306 e. The number of hydrogen-bond donors (Lipinski definition) is 2. The molecule has 0 spiro atoms. The van der Waals surface area contributed by atoms with Gasteiger partial charge in [0.25, 0.3) is 11.5 Å². The van der Waals surface area contributed by atoms with Gasteiger partial charge in [0.15, 0.2) is 0 Å². The normalized spacial score (nSPS) is 11.4. The van der Waals surface area contributed by atoms with Gasteiger partial charge in [-0.2, -0.15) is 13.2 Å². The Morgan fingerprint density at radius 2 is 1.80 bits per heavy atom. The molecule has 0 bridgehead atoms. The quantitative estimate of drug-likeness (QED) is 0.528. The van der Waals surface area contributed by atoms with Crippen molar-refractivity contribution in [3.8, 4) is 11.4 Å². The summed E-state index contributed by atoms with van der Waals surface area (Å²) in [5, 5.41) is 2.75.